The molecule has 0 aromatic rings. The summed E-state index contributed by atoms with van der Waals surface area (Å²) in [6, 6.07) is -1.14. The van der Waals surface area contributed by atoms with Crippen LogP contribution in [0.1, 0.15) is 12.8 Å². The molecule has 0 aromatic carbocycles. The molecule has 2 aliphatic rings. The van der Waals surface area contributed by atoms with Gasteiger partial charge in [-0.05, 0) is 12.8 Å². The van der Waals surface area contributed by atoms with E-state index in [0.29, 0.717) is 12.8 Å². The number of rotatable bonds is 3. The maximum absolute atomic E-state index is 12.3. The number of cyclic esters (lactones) is 1. The molecule has 118 valence electrons. The first-order chi connectivity index (χ1) is 9.95. The molecule has 0 saturated carbocycles. The fourth-order valence-electron chi connectivity index (χ4n) is 2.66. The van der Waals surface area contributed by atoms with Crippen molar-refractivity contribution < 1.29 is 32.6 Å². The molecule has 2 aliphatic heterocycles. The average Bonchev–Trinajstić information content (AvgIpc) is 2.87. The average molecular weight is 306 g/mol. The zero-order valence-electron chi connectivity index (χ0n) is 11.5. The Labute approximate surface area is 119 Å². The number of alkyl halides is 2. The van der Waals surface area contributed by atoms with Gasteiger partial charge in [-0.25, -0.2) is 9.59 Å². The number of hydrogen-bond donors (Lipinski definition) is 0. The smallest absolute Gasteiger partial charge is 0.410 e. The molecule has 0 aromatic heterocycles. The first-order valence-electron chi connectivity index (χ1n) is 6.55. The molecule has 2 heterocycles. The number of nitrogens with zero attached hydrogens (tertiary/aromatic N) is 2. The maximum Gasteiger partial charge on any atom is 0.410 e. The van der Waals surface area contributed by atoms with E-state index >= 15 is 0 Å². The third kappa shape index (κ3) is 3.06. The first kappa shape index (κ1) is 15.5. The largest absolute Gasteiger partial charge is 0.467 e. The summed E-state index contributed by atoms with van der Waals surface area (Å²) in [6.45, 7) is 0.151. The summed E-state index contributed by atoms with van der Waals surface area (Å²) in [6.07, 6.45) is -3.01. The fourth-order valence-corrected chi connectivity index (χ4v) is 2.66. The lowest BCUT2D eigenvalue weighted by Gasteiger charge is -2.36. The number of likely N-dealkylation sites (tertiary alicyclic amines) is 1. The molecular formula is C12H16F2N2O5. The van der Waals surface area contributed by atoms with Crippen LogP contribution in [0.25, 0.3) is 0 Å². The van der Waals surface area contributed by atoms with E-state index in [-0.39, 0.29) is 25.7 Å². The molecular weight excluding hydrogens is 290 g/mol. The minimum Gasteiger partial charge on any atom is -0.467 e. The van der Waals surface area contributed by atoms with E-state index in [1.54, 1.807) is 0 Å². The van der Waals surface area contributed by atoms with Crippen LogP contribution in [0.5, 0.6) is 0 Å². The number of amides is 2. The number of ether oxygens (including phenoxy) is 2. The van der Waals surface area contributed by atoms with Crippen LogP contribution < -0.4 is 0 Å². The third-order valence-electron chi connectivity index (χ3n) is 3.74. The Bertz CT molecular complexity index is 437. The molecule has 9 heteroatoms. The van der Waals surface area contributed by atoms with Gasteiger partial charge >= 0.3 is 18.5 Å². The topological polar surface area (TPSA) is 76.2 Å². The van der Waals surface area contributed by atoms with Crippen LogP contribution in [0.3, 0.4) is 0 Å². The highest BCUT2D eigenvalue weighted by atomic mass is 19.3. The molecule has 1 atom stereocenters. The van der Waals surface area contributed by atoms with E-state index in [0.717, 1.165) is 4.90 Å². The summed E-state index contributed by atoms with van der Waals surface area (Å²) >= 11 is 0. The van der Waals surface area contributed by atoms with E-state index in [1.807, 2.05) is 0 Å². The maximum atomic E-state index is 12.3. The predicted molar refractivity (Wildman–Crippen MR) is 64.6 cm³/mol. The van der Waals surface area contributed by atoms with Crippen LogP contribution >= 0.6 is 0 Å². The molecule has 2 saturated heterocycles. The third-order valence-corrected chi connectivity index (χ3v) is 3.74. The lowest BCUT2D eigenvalue weighted by atomic mass is 10.0. The Morgan fingerprint density at radius 3 is 2.48 bits per heavy atom. The van der Waals surface area contributed by atoms with Gasteiger partial charge in [0.1, 0.15) is 6.61 Å². The standard InChI is InChI=1S/C12H16F2N2O5/c1-20-11(18)8-6-21-12(19)16(8)7-2-4-15(5-3-7)10(17)9(13)14/h7-9H,2-6H2,1H3/t8-/m0/s1. The van der Waals surface area contributed by atoms with Crippen LogP contribution in [0, 0.1) is 0 Å². The summed E-state index contributed by atoms with van der Waals surface area (Å²) in [5, 5.41) is 0. The molecule has 21 heavy (non-hydrogen) atoms. The first-order valence-corrected chi connectivity index (χ1v) is 6.55. The van der Waals surface area contributed by atoms with E-state index in [4.69, 9.17) is 4.74 Å². The SMILES string of the molecule is COC(=O)[C@@H]1COC(=O)N1C1CCN(C(=O)C(F)F)CC1. The van der Waals surface area contributed by atoms with Crippen molar-refractivity contribution in [3.05, 3.63) is 0 Å². The highest BCUT2D eigenvalue weighted by Crippen LogP contribution is 2.25. The van der Waals surface area contributed by atoms with E-state index in [1.165, 1.54) is 12.0 Å². The van der Waals surface area contributed by atoms with Gasteiger partial charge in [-0.15, -0.1) is 0 Å². The van der Waals surface area contributed by atoms with Crippen molar-refractivity contribution in [2.45, 2.75) is 31.4 Å². The quantitative estimate of drug-likeness (QED) is 0.698. The highest BCUT2D eigenvalue weighted by Gasteiger charge is 2.44. The molecule has 0 N–H and O–H groups in total. The van der Waals surface area contributed by atoms with Crippen LogP contribution in [-0.2, 0) is 19.1 Å². The number of carbonyl (C=O) groups is 3. The minimum absolute atomic E-state index is 0.0817. The van der Waals surface area contributed by atoms with Crippen LogP contribution in [0.15, 0.2) is 0 Å². The monoisotopic (exact) mass is 306 g/mol. The second-order valence-electron chi connectivity index (χ2n) is 4.88. The summed E-state index contributed by atoms with van der Waals surface area (Å²) in [4.78, 5) is 36.9. The second kappa shape index (κ2) is 6.23. The summed E-state index contributed by atoms with van der Waals surface area (Å²) in [7, 11) is 1.22. The molecule has 0 aliphatic carbocycles. The van der Waals surface area contributed by atoms with Crippen molar-refractivity contribution in [1.29, 1.82) is 0 Å². The zero-order valence-corrected chi connectivity index (χ0v) is 11.5. The zero-order chi connectivity index (χ0) is 15.6. The Kier molecular flexibility index (Phi) is 4.59. The molecule has 2 amide bonds. The van der Waals surface area contributed by atoms with Gasteiger partial charge in [0.15, 0.2) is 6.04 Å². The summed E-state index contributed by atoms with van der Waals surface area (Å²) in [5.41, 5.74) is 0. The van der Waals surface area contributed by atoms with Crippen LogP contribution in [0.4, 0.5) is 13.6 Å². The van der Waals surface area contributed by atoms with Crippen LogP contribution in [-0.4, -0.2) is 73.1 Å². The number of piperidine rings is 1. The lowest BCUT2D eigenvalue weighted by Crippen LogP contribution is -2.52. The molecule has 2 rings (SSSR count). The van der Waals surface area contributed by atoms with Gasteiger partial charge in [0.2, 0.25) is 0 Å². The number of halogens is 2. The van der Waals surface area contributed by atoms with Crippen molar-refractivity contribution in [3.63, 3.8) is 0 Å². The van der Waals surface area contributed by atoms with Crippen molar-refractivity contribution >= 4 is 18.0 Å². The van der Waals surface area contributed by atoms with Crippen molar-refractivity contribution in [2.24, 2.45) is 0 Å². The molecule has 0 radical (unpaired) electrons. The Morgan fingerprint density at radius 2 is 1.95 bits per heavy atom. The number of hydrogen-bond acceptors (Lipinski definition) is 5. The molecule has 2 fully saturated rings. The number of carbonyl (C=O) groups excluding carboxylic acids is 3. The van der Waals surface area contributed by atoms with E-state index in [9.17, 15) is 23.2 Å². The number of esters is 1. The van der Waals surface area contributed by atoms with Gasteiger partial charge in [0, 0.05) is 19.1 Å². The van der Waals surface area contributed by atoms with Gasteiger partial charge in [0.25, 0.3) is 5.91 Å². The fraction of sp³-hybridized carbons (Fsp3) is 0.750. The van der Waals surface area contributed by atoms with E-state index in [2.05, 4.69) is 4.74 Å². The lowest BCUT2D eigenvalue weighted by molar-refractivity contribution is -0.148. The van der Waals surface area contributed by atoms with Gasteiger partial charge < -0.3 is 14.4 Å². The molecule has 0 unspecified atom stereocenters. The molecule has 0 bridgehead atoms. The Hall–Kier alpha value is -1.93. The van der Waals surface area contributed by atoms with E-state index < -0.39 is 30.4 Å². The van der Waals surface area contributed by atoms with Gasteiger partial charge in [0.05, 0.1) is 7.11 Å². The van der Waals surface area contributed by atoms with Gasteiger partial charge in [-0.3, -0.25) is 9.69 Å². The normalized spacial score (nSPS) is 23.4. The molecule has 7 nitrogen and oxygen atoms in total. The Morgan fingerprint density at radius 1 is 1.33 bits per heavy atom. The predicted octanol–water partition coefficient (Wildman–Crippen LogP) is 0.236. The Balaban J connectivity index is 1.99. The minimum atomic E-state index is -3.03. The highest BCUT2D eigenvalue weighted by molar-refractivity contribution is 5.84. The summed E-state index contributed by atoms with van der Waals surface area (Å²) < 4.78 is 34.2. The number of methoxy groups -OCH3 is 1. The van der Waals surface area contributed by atoms with Crippen molar-refractivity contribution in [2.75, 3.05) is 26.8 Å². The van der Waals surface area contributed by atoms with Gasteiger partial charge in [-0.2, -0.15) is 8.78 Å². The molecule has 0 spiro atoms. The van der Waals surface area contributed by atoms with Gasteiger partial charge in [-0.1, -0.05) is 0 Å². The van der Waals surface area contributed by atoms with Crippen LogP contribution in [0.2, 0.25) is 0 Å². The van der Waals surface area contributed by atoms with Crippen molar-refractivity contribution in [1.82, 2.24) is 9.80 Å². The summed E-state index contributed by atoms with van der Waals surface area (Å²) in [5.74, 6) is -1.78. The second-order valence-corrected chi connectivity index (χ2v) is 4.88. The van der Waals surface area contributed by atoms with Crippen molar-refractivity contribution in [3.8, 4) is 0 Å².